The van der Waals surface area contributed by atoms with Crippen LogP contribution >= 0.6 is 0 Å². The van der Waals surface area contributed by atoms with Gasteiger partial charge in [-0.05, 0) is 24.3 Å². The van der Waals surface area contributed by atoms with Crippen LogP contribution in [0.2, 0.25) is 0 Å². The second-order valence-electron chi connectivity index (χ2n) is 3.10. The molecule has 0 aliphatic heterocycles. The first-order chi connectivity index (χ1) is 6.47. The highest BCUT2D eigenvalue weighted by Gasteiger charge is 2.08. The summed E-state index contributed by atoms with van der Waals surface area (Å²) in [6.45, 7) is 3.27. The van der Waals surface area contributed by atoms with Crippen molar-refractivity contribution in [1.82, 2.24) is 0 Å². The SMILES string of the molecule is C=CS(=O)(=O)c1ccc(N(C)C)cc1. The summed E-state index contributed by atoms with van der Waals surface area (Å²) in [6.07, 6.45) is 0. The Bertz CT molecular complexity index is 418. The van der Waals surface area contributed by atoms with Gasteiger partial charge in [0.05, 0.1) is 4.90 Å². The fourth-order valence-electron chi connectivity index (χ4n) is 1.03. The summed E-state index contributed by atoms with van der Waals surface area (Å²) >= 11 is 0. The third-order valence-corrected chi connectivity index (χ3v) is 3.27. The van der Waals surface area contributed by atoms with Crippen LogP contribution in [0.5, 0.6) is 0 Å². The summed E-state index contributed by atoms with van der Waals surface area (Å²) in [6, 6.07) is 6.67. The molecule has 0 fully saturated rings. The molecule has 0 aliphatic rings. The maximum Gasteiger partial charge on any atom is 0.199 e. The van der Waals surface area contributed by atoms with Crippen LogP contribution in [0.3, 0.4) is 0 Å². The topological polar surface area (TPSA) is 37.4 Å². The first-order valence-corrected chi connectivity index (χ1v) is 5.67. The van der Waals surface area contributed by atoms with Gasteiger partial charge in [-0.25, -0.2) is 8.42 Å². The van der Waals surface area contributed by atoms with Crippen LogP contribution in [0, 0.1) is 0 Å². The average Bonchev–Trinajstić information content (AvgIpc) is 2.18. The minimum Gasteiger partial charge on any atom is -0.378 e. The Kier molecular flexibility index (Phi) is 2.96. The van der Waals surface area contributed by atoms with E-state index in [0.29, 0.717) is 0 Å². The molecule has 0 saturated carbocycles. The third-order valence-electron chi connectivity index (χ3n) is 1.90. The molecule has 1 aromatic carbocycles. The molecule has 1 aromatic rings. The van der Waals surface area contributed by atoms with E-state index in [9.17, 15) is 8.42 Å². The van der Waals surface area contributed by atoms with E-state index >= 15 is 0 Å². The van der Waals surface area contributed by atoms with Crippen LogP contribution in [0.4, 0.5) is 5.69 Å². The van der Waals surface area contributed by atoms with E-state index in [0.717, 1.165) is 11.1 Å². The molecule has 0 radical (unpaired) electrons. The summed E-state index contributed by atoms with van der Waals surface area (Å²) in [5.41, 5.74) is 0.966. The highest BCUT2D eigenvalue weighted by molar-refractivity contribution is 7.94. The molecule has 0 unspecified atom stereocenters. The van der Waals surface area contributed by atoms with E-state index in [1.807, 2.05) is 19.0 Å². The van der Waals surface area contributed by atoms with E-state index in [1.165, 1.54) is 0 Å². The van der Waals surface area contributed by atoms with Gasteiger partial charge in [0.1, 0.15) is 0 Å². The standard InChI is InChI=1S/C10H13NO2S/c1-4-14(12,13)10-7-5-9(6-8-10)11(2)3/h4-8H,1H2,2-3H3. The first kappa shape index (κ1) is 10.8. The molecular formula is C10H13NO2S. The van der Waals surface area contributed by atoms with Crippen molar-refractivity contribution in [1.29, 1.82) is 0 Å². The highest BCUT2D eigenvalue weighted by Crippen LogP contribution is 2.17. The Balaban J connectivity index is 3.12. The smallest absolute Gasteiger partial charge is 0.199 e. The number of nitrogens with zero attached hydrogens (tertiary/aromatic N) is 1. The van der Waals surface area contributed by atoms with Crippen LogP contribution in [-0.4, -0.2) is 22.5 Å². The summed E-state index contributed by atoms with van der Waals surface area (Å²) in [4.78, 5) is 2.18. The maximum absolute atomic E-state index is 11.4. The Morgan fingerprint density at radius 1 is 1.21 bits per heavy atom. The predicted molar refractivity (Wildman–Crippen MR) is 58.2 cm³/mol. The molecule has 0 heterocycles. The Morgan fingerprint density at radius 2 is 1.71 bits per heavy atom. The molecule has 0 aromatic heterocycles. The van der Waals surface area contributed by atoms with Crippen molar-refractivity contribution in [3.63, 3.8) is 0 Å². The molecule has 3 nitrogen and oxygen atoms in total. The third kappa shape index (κ3) is 2.14. The van der Waals surface area contributed by atoms with Gasteiger partial charge < -0.3 is 4.90 Å². The molecule has 4 heteroatoms. The lowest BCUT2D eigenvalue weighted by Gasteiger charge is -2.12. The molecule has 0 amide bonds. The Morgan fingerprint density at radius 3 is 2.07 bits per heavy atom. The molecule has 0 N–H and O–H groups in total. The fraction of sp³-hybridized carbons (Fsp3) is 0.200. The molecule has 1 rings (SSSR count). The van der Waals surface area contributed by atoms with Crippen molar-refractivity contribution in [2.75, 3.05) is 19.0 Å². The number of rotatable bonds is 3. The monoisotopic (exact) mass is 211 g/mol. The Labute approximate surface area is 84.6 Å². The van der Waals surface area contributed by atoms with E-state index < -0.39 is 9.84 Å². The van der Waals surface area contributed by atoms with E-state index in [4.69, 9.17) is 0 Å². The van der Waals surface area contributed by atoms with Gasteiger partial charge in [0.25, 0.3) is 0 Å². The Hall–Kier alpha value is -1.29. The zero-order valence-corrected chi connectivity index (χ0v) is 9.08. The van der Waals surface area contributed by atoms with Gasteiger partial charge in [0.15, 0.2) is 9.84 Å². The average molecular weight is 211 g/mol. The van der Waals surface area contributed by atoms with Crippen LogP contribution in [0.15, 0.2) is 41.1 Å². The zero-order chi connectivity index (χ0) is 10.8. The van der Waals surface area contributed by atoms with Gasteiger partial charge in [-0.1, -0.05) is 6.58 Å². The van der Waals surface area contributed by atoms with E-state index in [1.54, 1.807) is 24.3 Å². The highest BCUT2D eigenvalue weighted by atomic mass is 32.2. The molecule has 76 valence electrons. The predicted octanol–water partition coefficient (Wildman–Crippen LogP) is 1.67. The molecular weight excluding hydrogens is 198 g/mol. The van der Waals surface area contributed by atoms with E-state index in [2.05, 4.69) is 6.58 Å². The summed E-state index contributed by atoms with van der Waals surface area (Å²) in [5.74, 6) is 0. The van der Waals surface area contributed by atoms with Gasteiger partial charge in [-0.3, -0.25) is 0 Å². The largest absolute Gasteiger partial charge is 0.378 e. The molecule has 0 atom stereocenters. The number of hydrogen-bond acceptors (Lipinski definition) is 3. The van der Waals surface area contributed by atoms with Crippen LogP contribution in [-0.2, 0) is 9.84 Å². The van der Waals surface area contributed by atoms with Crippen molar-refractivity contribution < 1.29 is 8.42 Å². The molecule has 0 bridgehead atoms. The fourth-order valence-corrected chi connectivity index (χ4v) is 1.74. The van der Waals surface area contributed by atoms with E-state index in [-0.39, 0.29) is 4.90 Å². The summed E-state index contributed by atoms with van der Waals surface area (Å²) < 4.78 is 22.7. The molecule has 14 heavy (non-hydrogen) atoms. The van der Waals surface area contributed by atoms with Crippen molar-refractivity contribution in [3.05, 3.63) is 36.3 Å². The van der Waals surface area contributed by atoms with Gasteiger partial charge in [0, 0.05) is 25.2 Å². The number of sulfone groups is 1. The second kappa shape index (κ2) is 3.84. The molecule has 0 spiro atoms. The van der Waals surface area contributed by atoms with Crippen molar-refractivity contribution in [2.45, 2.75) is 4.90 Å². The lowest BCUT2D eigenvalue weighted by Crippen LogP contribution is -2.08. The number of hydrogen-bond donors (Lipinski definition) is 0. The van der Waals surface area contributed by atoms with Gasteiger partial charge >= 0.3 is 0 Å². The van der Waals surface area contributed by atoms with Crippen LogP contribution in [0.1, 0.15) is 0 Å². The van der Waals surface area contributed by atoms with Crippen LogP contribution < -0.4 is 4.90 Å². The minimum absolute atomic E-state index is 0.276. The molecule has 0 aliphatic carbocycles. The minimum atomic E-state index is -3.30. The maximum atomic E-state index is 11.4. The normalized spacial score (nSPS) is 11.0. The van der Waals surface area contributed by atoms with Crippen molar-refractivity contribution in [2.24, 2.45) is 0 Å². The van der Waals surface area contributed by atoms with Gasteiger partial charge in [-0.2, -0.15) is 0 Å². The van der Waals surface area contributed by atoms with Gasteiger partial charge in [-0.15, -0.1) is 0 Å². The zero-order valence-electron chi connectivity index (χ0n) is 8.27. The van der Waals surface area contributed by atoms with Crippen molar-refractivity contribution >= 4 is 15.5 Å². The second-order valence-corrected chi connectivity index (χ2v) is 4.99. The van der Waals surface area contributed by atoms with Gasteiger partial charge in [0.2, 0.25) is 0 Å². The lowest BCUT2D eigenvalue weighted by atomic mass is 10.3. The summed E-state index contributed by atoms with van der Waals surface area (Å²) in [5, 5.41) is 0.956. The quantitative estimate of drug-likeness (QED) is 0.763. The van der Waals surface area contributed by atoms with Crippen molar-refractivity contribution in [3.8, 4) is 0 Å². The van der Waals surface area contributed by atoms with Crippen LogP contribution in [0.25, 0.3) is 0 Å². The summed E-state index contributed by atoms with van der Waals surface area (Å²) in [7, 11) is 0.504. The molecule has 0 saturated heterocycles. The first-order valence-electron chi connectivity index (χ1n) is 4.12. The number of benzene rings is 1. The lowest BCUT2D eigenvalue weighted by molar-refractivity contribution is 0.604. The number of anilines is 1.